The molecule has 0 aliphatic heterocycles. The van der Waals surface area contributed by atoms with Gasteiger partial charge in [0.05, 0.1) is 5.92 Å². The number of nitrogens with one attached hydrogen (secondary N) is 2. The maximum atomic E-state index is 12.7. The largest absolute Gasteiger partial charge is 0.481 e. The third-order valence-electron chi connectivity index (χ3n) is 6.49. The molecule has 178 valence electrons. The van der Waals surface area contributed by atoms with E-state index in [1.165, 1.54) is 0 Å². The van der Waals surface area contributed by atoms with E-state index in [1.54, 1.807) is 0 Å². The number of allylic oxidation sites excluding steroid dienone is 1. The molecule has 3 atom stereocenters. The SMILES string of the molecule is CC(C)=CCC(NC(=O)OCC1c2ccccc2-c2ccccc21)C(=O)NC[C@@H]1C[C@@H]1C(=O)O. The van der Waals surface area contributed by atoms with E-state index < -0.39 is 24.0 Å². The van der Waals surface area contributed by atoms with E-state index in [0.717, 1.165) is 27.8 Å². The molecule has 2 amide bonds. The second kappa shape index (κ2) is 10.1. The van der Waals surface area contributed by atoms with Gasteiger partial charge < -0.3 is 20.5 Å². The summed E-state index contributed by atoms with van der Waals surface area (Å²) < 4.78 is 5.59. The van der Waals surface area contributed by atoms with E-state index in [1.807, 2.05) is 44.2 Å². The molecule has 1 unspecified atom stereocenters. The Kier molecular flexibility index (Phi) is 7.01. The zero-order chi connectivity index (χ0) is 24.2. The predicted octanol–water partition coefficient (Wildman–Crippen LogP) is 4.09. The van der Waals surface area contributed by atoms with Crippen LogP contribution in [0.4, 0.5) is 4.79 Å². The van der Waals surface area contributed by atoms with Crippen LogP contribution < -0.4 is 10.6 Å². The maximum absolute atomic E-state index is 12.7. The van der Waals surface area contributed by atoms with E-state index >= 15 is 0 Å². The molecule has 2 aromatic carbocycles. The quantitative estimate of drug-likeness (QED) is 0.487. The highest BCUT2D eigenvalue weighted by Gasteiger charge is 2.43. The van der Waals surface area contributed by atoms with E-state index in [9.17, 15) is 14.4 Å². The Morgan fingerprint density at radius 2 is 1.68 bits per heavy atom. The Morgan fingerprint density at radius 3 is 2.24 bits per heavy atom. The summed E-state index contributed by atoms with van der Waals surface area (Å²) in [6, 6.07) is 15.4. The first kappa shape index (κ1) is 23.5. The highest BCUT2D eigenvalue weighted by molar-refractivity contribution is 5.86. The molecule has 2 aromatic rings. The van der Waals surface area contributed by atoms with Crippen LogP contribution in [-0.2, 0) is 14.3 Å². The van der Waals surface area contributed by atoms with Crippen LogP contribution in [0.25, 0.3) is 11.1 Å². The zero-order valence-corrected chi connectivity index (χ0v) is 19.4. The Balaban J connectivity index is 1.37. The number of alkyl carbamates (subject to hydrolysis) is 1. The van der Waals surface area contributed by atoms with Crippen molar-refractivity contribution in [1.82, 2.24) is 10.6 Å². The second-order valence-corrected chi connectivity index (χ2v) is 9.23. The van der Waals surface area contributed by atoms with Crippen molar-refractivity contribution < 1.29 is 24.2 Å². The zero-order valence-electron chi connectivity index (χ0n) is 19.4. The van der Waals surface area contributed by atoms with Crippen LogP contribution in [0.2, 0.25) is 0 Å². The van der Waals surface area contributed by atoms with Crippen LogP contribution in [0.3, 0.4) is 0 Å². The van der Waals surface area contributed by atoms with Crippen molar-refractivity contribution in [3.8, 4) is 11.1 Å². The number of carbonyl (C=O) groups is 3. The maximum Gasteiger partial charge on any atom is 0.407 e. The van der Waals surface area contributed by atoms with Gasteiger partial charge in [-0.2, -0.15) is 0 Å². The fourth-order valence-corrected chi connectivity index (χ4v) is 4.50. The Hall–Kier alpha value is -3.61. The molecule has 7 heteroatoms. The summed E-state index contributed by atoms with van der Waals surface area (Å²) in [5.41, 5.74) is 5.56. The second-order valence-electron chi connectivity index (χ2n) is 9.23. The third kappa shape index (κ3) is 5.30. The molecular weight excluding hydrogens is 432 g/mol. The third-order valence-corrected chi connectivity index (χ3v) is 6.49. The summed E-state index contributed by atoms with van der Waals surface area (Å²) >= 11 is 0. The number of ether oxygens (including phenoxy) is 1. The molecule has 0 aromatic heterocycles. The lowest BCUT2D eigenvalue weighted by Gasteiger charge is -2.19. The van der Waals surface area contributed by atoms with Crippen molar-refractivity contribution in [1.29, 1.82) is 0 Å². The molecule has 3 N–H and O–H groups in total. The molecule has 4 rings (SSSR count). The first-order valence-electron chi connectivity index (χ1n) is 11.6. The normalized spacial score (nSPS) is 18.8. The van der Waals surface area contributed by atoms with Gasteiger partial charge in [0.2, 0.25) is 5.91 Å². The molecule has 0 spiro atoms. The van der Waals surface area contributed by atoms with Crippen LogP contribution in [0.1, 0.15) is 43.7 Å². The molecule has 0 saturated heterocycles. The summed E-state index contributed by atoms with van der Waals surface area (Å²) in [6.45, 7) is 4.29. The van der Waals surface area contributed by atoms with Gasteiger partial charge in [0.1, 0.15) is 12.6 Å². The van der Waals surface area contributed by atoms with Gasteiger partial charge in [0.15, 0.2) is 0 Å². The Bertz CT molecular complexity index is 1080. The summed E-state index contributed by atoms with van der Waals surface area (Å²) in [5.74, 6) is -1.70. The van der Waals surface area contributed by atoms with Crippen LogP contribution >= 0.6 is 0 Å². The fourth-order valence-electron chi connectivity index (χ4n) is 4.50. The van der Waals surface area contributed by atoms with E-state index in [4.69, 9.17) is 9.84 Å². The average molecular weight is 463 g/mol. The van der Waals surface area contributed by atoms with Crippen molar-refractivity contribution >= 4 is 18.0 Å². The topological polar surface area (TPSA) is 105 Å². The molecule has 0 radical (unpaired) electrons. The van der Waals surface area contributed by atoms with Gasteiger partial charge in [-0.1, -0.05) is 60.2 Å². The van der Waals surface area contributed by atoms with Gasteiger partial charge in [-0.25, -0.2) is 4.79 Å². The van der Waals surface area contributed by atoms with Crippen molar-refractivity contribution in [2.24, 2.45) is 11.8 Å². The van der Waals surface area contributed by atoms with Crippen LogP contribution in [0, 0.1) is 11.8 Å². The number of hydrogen-bond donors (Lipinski definition) is 3. The minimum absolute atomic E-state index is 0.0555. The van der Waals surface area contributed by atoms with Gasteiger partial charge >= 0.3 is 12.1 Å². The van der Waals surface area contributed by atoms with Gasteiger partial charge in [0, 0.05) is 12.5 Å². The lowest BCUT2D eigenvalue weighted by molar-refractivity contribution is -0.139. The van der Waals surface area contributed by atoms with Crippen LogP contribution in [0.15, 0.2) is 60.2 Å². The number of rotatable bonds is 9. The van der Waals surface area contributed by atoms with Crippen molar-refractivity contribution in [3.63, 3.8) is 0 Å². The lowest BCUT2D eigenvalue weighted by atomic mass is 9.98. The molecular formula is C27H30N2O5. The molecule has 2 aliphatic carbocycles. The monoisotopic (exact) mass is 462 g/mol. The number of amides is 2. The first-order chi connectivity index (χ1) is 16.3. The summed E-state index contributed by atoms with van der Waals surface area (Å²) in [6.07, 6.45) is 2.11. The molecule has 2 aliphatic rings. The molecule has 7 nitrogen and oxygen atoms in total. The summed E-state index contributed by atoms with van der Waals surface area (Å²) in [7, 11) is 0. The van der Waals surface area contributed by atoms with E-state index in [0.29, 0.717) is 12.8 Å². The van der Waals surface area contributed by atoms with Gasteiger partial charge in [-0.05, 0) is 54.9 Å². The molecule has 0 bridgehead atoms. The minimum Gasteiger partial charge on any atom is -0.481 e. The number of hydrogen-bond acceptors (Lipinski definition) is 4. The van der Waals surface area contributed by atoms with Gasteiger partial charge in [0.25, 0.3) is 0 Å². The lowest BCUT2D eigenvalue weighted by Crippen LogP contribution is -2.47. The van der Waals surface area contributed by atoms with Crippen LogP contribution in [0.5, 0.6) is 0 Å². The van der Waals surface area contributed by atoms with E-state index in [-0.39, 0.29) is 30.9 Å². The Morgan fingerprint density at radius 1 is 1.06 bits per heavy atom. The first-order valence-corrected chi connectivity index (χ1v) is 11.6. The summed E-state index contributed by atoms with van der Waals surface area (Å²) in [4.78, 5) is 36.4. The standard InChI is InChI=1S/C27H30N2O5/c1-16(2)11-12-24(25(30)28-14-17-13-22(17)26(31)32)29-27(33)34-15-23-20-9-5-3-7-18(20)19-8-4-6-10-21(19)23/h3-11,17,22-24H,12-15H2,1-2H3,(H,28,30)(H,29,33)(H,31,32)/t17-,22-,24?/m0/s1. The van der Waals surface area contributed by atoms with Crippen molar-refractivity contribution in [2.45, 2.75) is 38.6 Å². The molecule has 34 heavy (non-hydrogen) atoms. The number of aliphatic carboxylic acids is 1. The number of carboxylic acids is 1. The summed E-state index contributed by atoms with van der Waals surface area (Å²) in [5, 5.41) is 14.5. The smallest absolute Gasteiger partial charge is 0.407 e. The van der Waals surface area contributed by atoms with E-state index in [2.05, 4.69) is 34.9 Å². The van der Waals surface area contributed by atoms with Crippen LogP contribution in [-0.4, -0.2) is 42.3 Å². The number of fused-ring (bicyclic) bond motifs is 3. The number of carboxylic acid groups (broad SMARTS) is 1. The number of carbonyl (C=O) groups excluding carboxylic acids is 2. The fraction of sp³-hybridized carbons (Fsp3) is 0.370. The highest BCUT2D eigenvalue weighted by Crippen LogP contribution is 2.44. The van der Waals surface area contributed by atoms with Crippen molar-refractivity contribution in [2.75, 3.05) is 13.2 Å². The minimum atomic E-state index is -0.836. The highest BCUT2D eigenvalue weighted by atomic mass is 16.5. The van der Waals surface area contributed by atoms with Gasteiger partial charge in [-0.15, -0.1) is 0 Å². The average Bonchev–Trinajstić information content (AvgIpc) is 3.54. The number of benzene rings is 2. The molecule has 1 saturated carbocycles. The molecule has 1 fully saturated rings. The van der Waals surface area contributed by atoms with Crippen molar-refractivity contribution in [3.05, 3.63) is 71.3 Å². The Labute approximate surface area is 199 Å². The predicted molar refractivity (Wildman–Crippen MR) is 128 cm³/mol. The molecule has 0 heterocycles. The van der Waals surface area contributed by atoms with Gasteiger partial charge in [-0.3, -0.25) is 9.59 Å².